The van der Waals surface area contributed by atoms with Crippen LogP contribution in [0.15, 0.2) is 25.3 Å². The molecule has 0 bridgehead atoms. The second-order valence-electron chi connectivity index (χ2n) is 6.67. The van der Waals surface area contributed by atoms with E-state index in [0.717, 1.165) is 25.7 Å². The van der Waals surface area contributed by atoms with Crippen molar-refractivity contribution in [3.05, 3.63) is 25.3 Å². The van der Waals surface area contributed by atoms with Gasteiger partial charge in [-0.1, -0.05) is 12.2 Å². The number of aliphatic hydroxyl groups excluding tert-OH is 2. The average molecular weight is 310 g/mol. The summed E-state index contributed by atoms with van der Waals surface area (Å²) in [7, 11) is 0. The van der Waals surface area contributed by atoms with E-state index in [1.54, 1.807) is 12.2 Å². The van der Waals surface area contributed by atoms with Crippen molar-refractivity contribution in [2.75, 3.05) is 26.4 Å². The maximum Gasteiger partial charge on any atom is 0.0843 e. The minimum absolute atomic E-state index is 0.0872. The van der Waals surface area contributed by atoms with Gasteiger partial charge in [0, 0.05) is 13.2 Å². The smallest absolute Gasteiger partial charge is 0.0843 e. The van der Waals surface area contributed by atoms with Gasteiger partial charge >= 0.3 is 0 Å². The summed E-state index contributed by atoms with van der Waals surface area (Å²) < 4.78 is 11.8. The molecule has 0 aromatic heterocycles. The third-order valence-electron chi connectivity index (χ3n) is 5.35. The maximum absolute atomic E-state index is 9.57. The van der Waals surface area contributed by atoms with Crippen LogP contribution in [0.1, 0.15) is 25.7 Å². The Labute approximate surface area is 133 Å². The Hall–Kier alpha value is -0.680. The van der Waals surface area contributed by atoms with Crippen LogP contribution in [-0.2, 0) is 9.47 Å². The van der Waals surface area contributed by atoms with Crippen molar-refractivity contribution < 1.29 is 19.7 Å². The van der Waals surface area contributed by atoms with E-state index in [1.165, 1.54) is 0 Å². The average Bonchev–Trinajstić information content (AvgIpc) is 2.56. The summed E-state index contributed by atoms with van der Waals surface area (Å²) in [6, 6.07) is 0. The lowest BCUT2D eigenvalue weighted by Crippen LogP contribution is -2.47. The van der Waals surface area contributed by atoms with Crippen molar-refractivity contribution in [2.24, 2.45) is 23.7 Å². The van der Waals surface area contributed by atoms with Gasteiger partial charge in [0.25, 0.3) is 0 Å². The van der Waals surface area contributed by atoms with Crippen LogP contribution in [0, 0.1) is 23.7 Å². The molecule has 0 aromatic carbocycles. The first-order valence-electron chi connectivity index (χ1n) is 8.40. The zero-order valence-electron chi connectivity index (χ0n) is 13.4. The first kappa shape index (κ1) is 17.7. The Morgan fingerprint density at radius 3 is 1.50 bits per heavy atom. The van der Waals surface area contributed by atoms with E-state index in [2.05, 4.69) is 13.2 Å². The third kappa shape index (κ3) is 4.19. The first-order chi connectivity index (χ1) is 10.7. The van der Waals surface area contributed by atoms with Crippen LogP contribution in [0.3, 0.4) is 0 Å². The zero-order chi connectivity index (χ0) is 15.9. The molecule has 4 nitrogen and oxygen atoms in total. The second kappa shape index (κ2) is 8.82. The molecule has 126 valence electrons. The van der Waals surface area contributed by atoms with Gasteiger partial charge in [-0.3, -0.25) is 0 Å². The molecule has 0 saturated heterocycles. The lowest BCUT2D eigenvalue weighted by molar-refractivity contribution is -0.122. The van der Waals surface area contributed by atoms with E-state index in [9.17, 15) is 10.2 Å². The number of hydrogen-bond acceptors (Lipinski definition) is 4. The van der Waals surface area contributed by atoms with Crippen LogP contribution in [0.4, 0.5) is 0 Å². The number of rotatable bonds is 8. The fourth-order valence-corrected chi connectivity index (χ4v) is 4.21. The molecule has 0 unspecified atom stereocenters. The monoisotopic (exact) mass is 310 g/mol. The molecule has 2 N–H and O–H groups in total. The summed E-state index contributed by atoms with van der Waals surface area (Å²) in [6.07, 6.45) is 7.62. The topological polar surface area (TPSA) is 58.9 Å². The quantitative estimate of drug-likeness (QED) is 0.675. The minimum Gasteiger partial charge on any atom is -0.396 e. The van der Waals surface area contributed by atoms with E-state index < -0.39 is 0 Å². The Morgan fingerprint density at radius 2 is 1.18 bits per heavy atom. The fraction of sp³-hybridized carbons (Fsp3) is 0.778. The molecule has 6 atom stereocenters. The molecule has 0 heterocycles. The van der Waals surface area contributed by atoms with Crippen molar-refractivity contribution in [3.63, 3.8) is 0 Å². The van der Waals surface area contributed by atoms with Gasteiger partial charge in [-0.2, -0.15) is 0 Å². The minimum atomic E-state index is 0.0872. The first-order valence-corrected chi connectivity index (χ1v) is 8.40. The highest BCUT2D eigenvalue weighted by Crippen LogP contribution is 2.46. The summed E-state index contributed by atoms with van der Waals surface area (Å²) in [6.45, 7) is 8.85. The summed E-state index contributed by atoms with van der Waals surface area (Å²) in [5, 5.41) is 19.1. The third-order valence-corrected chi connectivity index (χ3v) is 5.35. The molecule has 4 heteroatoms. The Bertz CT molecular complexity index is 323. The maximum atomic E-state index is 9.57. The van der Waals surface area contributed by atoms with Gasteiger partial charge in [0.15, 0.2) is 0 Å². The molecule has 0 radical (unpaired) electrons. The molecule has 0 aliphatic heterocycles. The normalized spacial score (nSPS) is 38.3. The van der Waals surface area contributed by atoms with Crippen molar-refractivity contribution in [2.45, 2.75) is 37.9 Å². The lowest BCUT2D eigenvalue weighted by Gasteiger charge is -2.47. The highest BCUT2D eigenvalue weighted by Gasteiger charge is 2.44. The van der Waals surface area contributed by atoms with Crippen LogP contribution >= 0.6 is 0 Å². The van der Waals surface area contributed by atoms with Crippen LogP contribution in [0.25, 0.3) is 0 Å². The number of ether oxygens (including phenoxy) is 2. The molecule has 2 saturated carbocycles. The van der Waals surface area contributed by atoms with E-state index in [1.807, 2.05) is 0 Å². The van der Waals surface area contributed by atoms with Crippen LogP contribution in [0.2, 0.25) is 0 Å². The van der Waals surface area contributed by atoms with Gasteiger partial charge in [-0.05, 0) is 49.4 Å². The summed E-state index contributed by atoms with van der Waals surface area (Å²) >= 11 is 0. The molecule has 0 aromatic rings. The zero-order valence-corrected chi connectivity index (χ0v) is 13.4. The highest BCUT2D eigenvalue weighted by molar-refractivity contribution is 4.94. The predicted molar refractivity (Wildman–Crippen MR) is 86.5 cm³/mol. The standard InChI is InChI=1S/C18H30O4/c1-3-5-21-17-9-13-7-15(11-19)16(12-20)8-14(13)10-18(17)22-6-4-2/h3-4,13-20H,1-2,5-12H2/t13-,14+,15-,16-,17-,18-/m1/s1. The van der Waals surface area contributed by atoms with Crippen molar-refractivity contribution in [1.29, 1.82) is 0 Å². The molecular formula is C18H30O4. The molecule has 22 heavy (non-hydrogen) atoms. The fourth-order valence-electron chi connectivity index (χ4n) is 4.21. The summed E-state index contributed by atoms with van der Waals surface area (Å²) in [4.78, 5) is 0. The van der Waals surface area contributed by atoms with E-state index in [0.29, 0.717) is 25.0 Å². The molecule has 2 fully saturated rings. The lowest BCUT2D eigenvalue weighted by atomic mass is 9.62. The van der Waals surface area contributed by atoms with E-state index in [4.69, 9.17) is 9.47 Å². The van der Waals surface area contributed by atoms with Gasteiger partial charge in [0.05, 0.1) is 25.4 Å². The van der Waals surface area contributed by atoms with Crippen LogP contribution in [0.5, 0.6) is 0 Å². The Kier molecular flexibility index (Phi) is 7.09. The van der Waals surface area contributed by atoms with Crippen molar-refractivity contribution in [1.82, 2.24) is 0 Å². The number of fused-ring (bicyclic) bond motifs is 1. The summed E-state index contributed by atoms with van der Waals surface area (Å²) in [5.74, 6) is 1.55. The van der Waals surface area contributed by atoms with E-state index >= 15 is 0 Å². The SMILES string of the molecule is C=CCO[C@@H]1C[C@H]2C[C@H](CO)[C@@H](CO)C[C@H]2C[C@H]1OCC=C. The number of aliphatic hydroxyl groups is 2. The molecule has 2 aliphatic rings. The molecule has 0 amide bonds. The predicted octanol–water partition coefficient (Wildman–Crippen LogP) is 2.17. The highest BCUT2D eigenvalue weighted by atomic mass is 16.5. The number of hydrogen-bond donors (Lipinski definition) is 2. The summed E-state index contributed by atoms with van der Waals surface area (Å²) in [5.41, 5.74) is 0. The molecule has 2 aliphatic carbocycles. The second-order valence-corrected chi connectivity index (χ2v) is 6.67. The van der Waals surface area contributed by atoms with E-state index in [-0.39, 0.29) is 37.3 Å². The van der Waals surface area contributed by atoms with Crippen molar-refractivity contribution >= 4 is 0 Å². The molecule has 0 spiro atoms. The van der Waals surface area contributed by atoms with Gasteiger partial charge in [-0.25, -0.2) is 0 Å². The molecular weight excluding hydrogens is 280 g/mol. The van der Waals surface area contributed by atoms with Gasteiger partial charge in [0.1, 0.15) is 0 Å². The molecule has 2 rings (SSSR count). The van der Waals surface area contributed by atoms with Gasteiger partial charge in [-0.15, -0.1) is 13.2 Å². The largest absolute Gasteiger partial charge is 0.396 e. The van der Waals surface area contributed by atoms with Gasteiger partial charge in [0.2, 0.25) is 0 Å². The van der Waals surface area contributed by atoms with Crippen LogP contribution in [-0.4, -0.2) is 48.8 Å². The van der Waals surface area contributed by atoms with Crippen LogP contribution < -0.4 is 0 Å². The Balaban J connectivity index is 2.02. The van der Waals surface area contributed by atoms with Crippen molar-refractivity contribution in [3.8, 4) is 0 Å². The Morgan fingerprint density at radius 1 is 0.773 bits per heavy atom. The van der Waals surface area contributed by atoms with Gasteiger partial charge < -0.3 is 19.7 Å².